The van der Waals surface area contributed by atoms with Gasteiger partial charge in [0.15, 0.2) is 0 Å². The maximum Gasteiger partial charge on any atom is 0.123 e. The standard InChI is InChI=1S/C16H17FN2O2/c17-13-4-3-12(15(9-13)16(18)19)10-21-14-5-1-11(2-6-14)7-8-20/h1-6,9,20H,7-8,10H2,(H3,18,19). The molecule has 0 aromatic heterocycles. The maximum atomic E-state index is 13.2. The molecule has 21 heavy (non-hydrogen) atoms. The van der Waals surface area contributed by atoms with Crippen LogP contribution < -0.4 is 10.5 Å². The SMILES string of the molecule is N=C(N)c1cc(F)ccc1COc1ccc(CCO)cc1. The van der Waals surface area contributed by atoms with Gasteiger partial charge in [-0.2, -0.15) is 0 Å². The number of hydrogen-bond donors (Lipinski definition) is 3. The lowest BCUT2D eigenvalue weighted by Gasteiger charge is -2.11. The molecule has 2 rings (SSSR count). The zero-order chi connectivity index (χ0) is 15.2. The van der Waals surface area contributed by atoms with Crippen molar-refractivity contribution in [3.63, 3.8) is 0 Å². The highest BCUT2D eigenvalue weighted by atomic mass is 19.1. The average molecular weight is 288 g/mol. The first-order valence-electron chi connectivity index (χ1n) is 6.55. The summed E-state index contributed by atoms with van der Waals surface area (Å²) in [6, 6.07) is 11.5. The molecule has 0 bridgehead atoms. The van der Waals surface area contributed by atoms with E-state index in [1.165, 1.54) is 12.1 Å². The molecular weight excluding hydrogens is 271 g/mol. The van der Waals surface area contributed by atoms with Crippen molar-refractivity contribution < 1.29 is 14.2 Å². The summed E-state index contributed by atoms with van der Waals surface area (Å²) in [7, 11) is 0. The minimum absolute atomic E-state index is 0.109. The number of nitrogen functional groups attached to an aromatic ring is 1. The van der Waals surface area contributed by atoms with Gasteiger partial charge < -0.3 is 15.6 Å². The molecule has 0 unspecified atom stereocenters. The molecule has 110 valence electrons. The van der Waals surface area contributed by atoms with E-state index in [2.05, 4.69) is 0 Å². The maximum absolute atomic E-state index is 13.2. The molecule has 0 aliphatic rings. The number of nitrogens with two attached hydrogens (primary N) is 1. The van der Waals surface area contributed by atoms with Crippen molar-refractivity contribution in [2.75, 3.05) is 6.61 Å². The van der Waals surface area contributed by atoms with E-state index in [-0.39, 0.29) is 19.0 Å². The van der Waals surface area contributed by atoms with Crippen molar-refractivity contribution in [3.8, 4) is 5.75 Å². The van der Waals surface area contributed by atoms with E-state index in [0.717, 1.165) is 5.56 Å². The van der Waals surface area contributed by atoms with Gasteiger partial charge in [-0.3, -0.25) is 5.41 Å². The van der Waals surface area contributed by atoms with Gasteiger partial charge in [-0.15, -0.1) is 0 Å². The van der Waals surface area contributed by atoms with Crippen molar-refractivity contribution in [1.82, 2.24) is 0 Å². The Hall–Kier alpha value is -2.40. The van der Waals surface area contributed by atoms with Gasteiger partial charge in [-0.05, 0) is 36.2 Å². The first kappa shape index (κ1) is 15.0. The van der Waals surface area contributed by atoms with Crippen LogP contribution in [-0.2, 0) is 13.0 Å². The number of halogens is 1. The second kappa shape index (κ2) is 6.85. The van der Waals surface area contributed by atoms with Crippen LogP contribution in [0.5, 0.6) is 5.75 Å². The van der Waals surface area contributed by atoms with E-state index in [0.29, 0.717) is 23.3 Å². The highest BCUT2D eigenvalue weighted by Gasteiger charge is 2.08. The van der Waals surface area contributed by atoms with Crippen LogP contribution in [0.25, 0.3) is 0 Å². The lowest BCUT2D eigenvalue weighted by atomic mass is 10.1. The number of aliphatic hydroxyl groups excluding tert-OH is 1. The highest BCUT2D eigenvalue weighted by molar-refractivity contribution is 5.96. The largest absolute Gasteiger partial charge is 0.489 e. The molecule has 0 aliphatic carbocycles. The summed E-state index contributed by atoms with van der Waals surface area (Å²) < 4.78 is 18.8. The van der Waals surface area contributed by atoms with Crippen molar-refractivity contribution >= 4 is 5.84 Å². The van der Waals surface area contributed by atoms with Gasteiger partial charge in [-0.1, -0.05) is 18.2 Å². The fraction of sp³-hybridized carbons (Fsp3) is 0.188. The monoisotopic (exact) mass is 288 g/mol. The first-order chi connectivity index (χ1) is 10.1. The molecule has 0 atom stereocenters. The van der Waals surface area contributed by atoms with Gasteiger partial charge in [0, 0.05) is 17.7 Å². The number of aliphatic hydroxyl groups is 1. The summed E-state index contributed by atoms with van der Waals surface area (Å²) in [5, 5.41) is 16.3. The Labute approximate surface area is 122 Å². The fourth-order valence-corrected chi connectivity index (χ4v) is 1.97. The Bertz CT molecular complexity index is 627. The normalized spacial score (nSPS) is 10.4. The van der Waals surface area contributed by atoms with E-state index >= 15 is 0 Å². The van der Waals surface area contributed by atoms with Crippen LogP contribution in [0.4, 0.5) is 4.39 Å². The molecule has 0 amide bonds. The Kier molecular flexibility index (Phi) is 4.90. The molecule has 0 heterocycles. The van der Waals surface area contributed by atoms with Crippen molar-refractivity contribution in [3.05, 3.63) is 65.0 Å². The molecule has 4 N–H and O–H groups in total. The Morgan fingerprint density at radius 1 is 1.19 bits per heavy atom. The summed E-state index contributed by atoms with van der Waals surface area (Å²) in [6.07, 6.45) is 0.604. The lowest BCUT2D eigenvalue weighted by Crippen LogP contribution is -2.15. The number of hydrogen-bond acceptors (Lipinski definition) is 3. The molecule has 2 aromatic carbocycles. The van der Waals surface area contributed by atoms with Gasteiger partial charge in [0.25, 0.3) is 0 Å². The van der Waals surface area contributed by atoms with E-state index in [1.54, 1.807) is 6.07 Å². The van der Waals surface area contributed by atoms with Crippen molar-refractivity contribution in [2.24, 2.45) is 5.73 Å². The van der Waals surface area contributed by atoms with Gasteiger partial charge in [-0.25, -0.2) is 4.39 Å². The first-order valence-corrected chi connectivity index (χ1v) is 6.55. The summed E-state index contributed by atoms with van der Waals surface area (Å²) >= 11 is 0. The van der Waals surface area contributed by atoms with E-state index < -0.39 is 5.82 Å². The quantitative estimate of drug-likeness (QED) is 0.563. The van der Waals surface area contributed by atoms with E-state index in [1.807, 2.05) is 24.3 Å². The van der Waals surface area contributed by atoms with Crippen molar-refractivity contribution in [2.45, 2.75) is 13.0 Å². The molecule has 0 aliphatic heterocycles. The average Bonchev–Trinajstić information content (AvgIpc) is 2.47. The summed E-state index contributed by atoms with van der Waals surface area (Å²) in [4.78, 5) is 0. The fourth-order valence-electron chi connectivity index (χ4n) is 1.97. The summed E-state index contributed by atoms with van der Waals surface area (Å²) in [5.74, 6) is 0.0409. The van der Waals surface area contributed by atoms with Crippen LogP contribution in [-0.4, -0.2) is 17.5 Å². The van der Waals surface area contributed by atoms with Gasteiger partial charge >= 0.3 is 0 Å². The van der Waals surface area contributed by atoms with Crippen molar-refractivity contribution in [1.29, 1.82) is 5.41 Å². The Balaban J connectivity index is 2.07. The third kappa shape index (κ3) is 4.03. The second-order valence-corrected chi connectivity index (χ2v) is 4.62. The highest BCUT2D eigenvalue weighted by Crippen LogP contribution is 2.17. The summed E-state index contributed by atoms with van der Waals surface area (Å²) in [5.41, 5.74) is 7.46. The Morgan fingerprint density at radius 2 is 1.90 bits per heavy atom. The number of benzene rings is 2. The van der Waals surface area contributed by atoms with Crippen LogP contribution in [0.1, 0.15) is 16.7 Å². The minimum Gasteiger partial charge on any atom is -0.489 e. The van der Waals surface area contributed by atoms with Crippen LogP contribution in [0, 0.1) is 11.2 Å². The topological polar surface area (TPSA) is 79.3 Å². The predicted molar refractivity (Wildman–Crippen MR) is 79.0 cm³/mol. The molecule has 4 nitrogen and oxygen atoms in total. The number of rotatable bonds is 6. The number of nitrogens with one attached hydrogen (secondary N) is 1. The predicted octanol–water partition coefficient (Wildman–Crippen LogP) is 2.22. The third-order valence-electron chi connectivity index (χ3n) is 3.08. The molecular formula is C16H17FN2O2. The third-order valence-corrected chi connectivity index (χ3v) is 3.08. The van der Waals surface area contributed by atoms with Gasteiger partial charge in [0.05, 0.1) is 0 Å². The zero-order valence-electron chi connectivity index (χ0n) is 11.5. The number of amidine groups is 1. The molecule has 0 saturated carbocycles. The van der Waals surface area contributed by atoms with Gasteiger partial charge in [0.2, 0.25) is 0 Å². The molecule has 0 spiro atoms. The lowest BCUT2D eigenvalue weighted by molar-refractivity contribution is 0.298. The minimum atomic E-state index is -0.433. The van der Waals surface area contributed by atoms with E-state index in [4.69, 9.17) is 21.0 Å². The smallest absolute Gasteiger partial charge is 0.123 e. The molecule has 0 saturated heterocycles. The van der Waals surface area contributed by atoms with Crippen LogP contribution in [0.3, 0.4) is 0 Å². The molecule has 0 radical (unpaired) electrons. The van der Waals surface area contributed by atoms with Gasteiger partial charge in [0.1, 0.15) is 24.0 Å². The number of ether oxygens (including phenoxy) is 1. The zero-order valence-corrected chi connectivity index (χ0v) is 11.5. The van der Waals surface area contributed by atoms with Crippen LogP contribution >= 0.6 is 0 Å². The molecule has 0 fully saturated rings. The van der Waals surface area contributed by atoms with Crippen LogP contribution in [0.2, 0.25) is 0 Å². The van der Waals surface area contributed by atoms with Crippen LogP contribution in [0.15, 0.2) is 42.5 Å². The second-order valence-electron chi connectivity index (χ2n) is 4.62. The summed E-state index contributed by atoms with van der Waals surface area (Å²) in [6.45, 7) is 0.312. The molecule has 5 heteroatoms. The molecule has 2 aromatic rings. The van der Waals surface area contributed by atoms with E-state index in [9.17, 15) is 4.39 Å². The Morgan fingerprint density at radius 3 is 2.52 bits per heavy atom.